The van der Waals surface area contributed by atoms with Crippen LogP contribution in [0.4, 0.5) is 4.39 Å². The van der Waals surface area contributed by atoms with Gasteiger partial charge in [0, 0.05) is 16.8 Å². The van der Waals surface area contributed by atoms with Crippen molar-refractivity contribution in [2.24, 2.45) is 0 Å². The Morgan fingerprint density at radius 2 is 2.07 bits per heavy atom. The van der Waals surface area contributed by atoms with Crippen molar-refractivity contribution in [1.29, 1.82) is 0 Å². The van der Waals surface area contributed by atoms with Crippen LogP contribution >= 0.6 is 8.25 Å². The number of aromatic hydroxyl groups is 1. The van der Waals surface area contributed by atoms with Crippen LogP contribution in [0.25, 0.3) is 0 Å². The molecule has 29 heavy (non-hydrogen) atoms. The Labute approximate surface area is 164 Å². The number of alkyl halides is 1. The van der Waals surface area contributed by atoms with Gasteiger partial charge in [-0.1, -0.05) is 12.1 Å². The van der Waals surface area contributed by atoms with Gasteiger partial charge < -0.3 is 14.9 Å². The summed E-state index contributed by atoms with van der Waals surface area (Å²) in [5, 5.41) is 19.8. The van der Waals surface area contributed by atoms with E-state index < -0.39 is 50.1 Å². The lowest BCUT2D eigenvalue weighted by atomic mass is 9.95. The Morgan fingerprint density at radius 3 is 2.76 bits per heavy atom. The van der Waals surface area contributed by atoms with Crippen LogP contribution in [0.5, 0.6) is 11.5 Å². The van der Waals surface area contributed by atoms with Gasteiger partial charge in [-0.15, -0.1) is 4.52 Å². The molecule has 10 nitrogen and oxygen atoms in total. The van der Waals surface area contributed by atoms with E-state index in [0.717, 1.165) is 17.6 Å². The van der Waals surface area contributed by atoms with Crippen LogP contribution in [0.2, 0.25) is 0 Å². The molecule has 5 unspecified atom stereocenters. The maximum Gasteiger partial charge on any atom is 0.750 e. The molecule has 2 aromatic rings. The van der Waals surface area contributed by atoms with Gasteiger partial charge in [0.1, 0.15) is 24.9 Å². The van der Waals surface area contributed by atoms with Gasteiger partial charge in [-0.25, -0.2) is 13.7 Å². The number of phenols is 1. The molecule has 0 spiro atoms. The number of H-pyrrole nitrogens is 1. The molecule has 3 rings (SSSR count). The summed E-state index contributed by atoms with van der Waals surface area (Å²) in [6.07, 6.45) is -2.85. The van der Waals surface area contributed by atoms with E-state index in [1.807, 2.05) is 4.98 Å². The third-order valence-corrected chi connectivity index (χ3v) is 5.25. The first-order valence-electron chi connectivity index (χ1n) is 8.57. The fourth-order valence-corrected chi connectivity index (χ4v) is 3.50. The van der Waals surface area contributed by atoms with Gasteiger partial charge in [-0.2, -0.15) is 0 Å². The monoisotopic (exact) mass is 429 g/mol. The largest absolute Gasteiger partial charge is 0.750 e. The van der Waals surface area contributed by atoms with Gasteiger partial charge in [-0.3, -0.25) is 14.3 Å². The molecule has 0 saturated carbocycles. The highest BCUT2D eigenvalue weighted by Crippen LogP contribution is 2.38. The lowest BCUT2D eigenvalue weighted by Gasteiger charge is -2.24. The Balaban J connectivity index is 1.62. The van der Waals surface area contributed by atoms with Crippen LogP contribution in [-0.4, -0.2) is 50.4 Å². The van der Waals surface area contributed by atoms with Crippen LogP contribution in [0.15, 0.2) is 46.1 Å². The first-order valence-corrected chi connectivity index (χ1v) is 9.66. The highest BCUT2D eigenvalue weighted by atomic mass is 31.1. The number of para-hydroxylation sites is 2. The van der Waals surface area contributed by atoms with Gasteiger partial charge >= 0.3 is 13.9 Å². The number of benzene rings is 1. The molecule has 156 valence electrons. The topological polar surface area (TPSA) is 140 Å². The zero-order valence-electron chi connectivity index (χ0n) is 15.2. The lowest BCUT2D eigenvalue weighted by Crippen LogP contribution is -2.44. The Bertz CT molecular complexity index is 1010. The van der Waals surface area contributed by atoms with E-state index >= 15 is 0 Å². The summed E-state index contributed by atoms with van der Waals surface area (Å²) in [6.45, 7) is 0.384. The number of rotatable bonds is 7. The molecule has 0 aliphatic carbocycles. The first-order chi connectivity index (χ1) is 13.7. The van der Waals surface area contributed by atoms with E-state index in [9.17, 15) is 28.8 Å². The number of ether oxygens (including phenoxy) is 1. The number of halogens is 1. The third kappa shape index (κ3) is 4.70. The van der Waals surface area contributed by atoms with E-state index in [1.54, 1.807) is 12.1 Å². The van der Waals surface area contributed by atoms with Crippen LogP contribution in [0.1, 0.15) is 6.92 Å². The first kappa shape index (κ1) is 21.1. The van der Waals surface area contributed by atoms with Crippen LogP contribution < -0.4 is 15.8 Å². The molecule has 3 N–H and O–H groups in total. The zero-order valence-corrected chi connectivity index (χ0v) is 16.1. The predicted octanol–water partition coefficient (Wildman–Crippen LogP) is 0.852. The summed E-state index contributed by atoms with van der Waals surface area (Å²) in [7, 11) is -2.73. The normalized spacial score (nSPS) is 27.0. The van der Waals surface area contributed by atoms with E-state index in [1.165, 1.54) is 18.3 Å². The van der Waals surface area contributed by atoms with E-state index in [4.69, 9.17) is 13.8 Å². The van der Waals surface area contributed by atoms with Crippen molar-refractivity contribution in [3.8, 4) is 11.5 Å². The van der Waals surface area contributed by atoms with Crippen molar-refractivity contribution in [3.63, 3.8) is 0 Å². The van der Waals surface area contributed by atoms with E-state index in [-0.39, 0.29) is 18.0 Å². The smallest absolute Gasteiger partial charge is 0.504 e. The van der Waals surface area contributed by atoms with Crippen LogP contribution in [0.3, 0.4) is 0 Å². The number of phenolic OH excluding ortho intramolecular Hbond substituents is 1. The quantitative estimate of drug-likeness (QED) is 0.551. The van der Waals surface area contributed by atoms with Gasteiger partial charge in [0.25, 0.3) is 5.56 Å². The molecule has 12 heteroatoms. The molecule has 1 aliphatic heterocycles. The van der Waals surface area contributed by atoms with Crippen LogP contribution in [0, 0.1) is 0 Å². The maximum atomic E-state index is 15.0. The summed E-state index contributed by atoms with van der Waals surface area (Å²) >= 11 is 0. The average Bonchev–Trinajstić information content (AvgIpc) is 2.87. The fourth-order valence-electron chi connectivity index (χ4n) is 2.87. The minimum absolute atomic E-state index is 0.0628. The van der Waals surface area contributed by atoms with Crippen LogP contribution in [-0.2, 0) is 20.4 Å². The van der Waals surface area contributed by atoms with Crippen molar-refractivity contribution in [2.75, 3.05) is 6.61 Å². The van der Waals surface area contributed by atoms with Gasteiger partial charge in [0.15, 0.2) is 11.4 Å². The molecule has 1 aromatic heterocycles. The van der Waals surface area contributed by atoms with Crippen molar-refractivity contribution >= 4 is 8.25 Å². The second-order valence-electron chi connectivity index (χ2n) is 6.60. The zero-order chi connectivity index (χ0) is 21.2. The highest BCUT2D eigenvalue weighted by molar-refractivity contribution is 7.33. The molecule has 0 radical (unpaired) electrons. The summed E-state index contributed by atoms with van der Waals surface area (Å²) in [5.74, 6) is -0.300. The Hall–Kier alpha value is -2.59. The Morgan fingerprint density at radius 1 is 1.34 bits per heavy atom. The number of hydrogen-bond donors (Lipinski definition) is 3. The average molecular weight is 429 g/mol. The number of hydrogen-bond acceptors (Lipinski definition) is 8. The van der Waals surface area contributed by atoms with Gasteiger partial charge in [0.05, 0.1) is 6.54 Å². The standard InChI is InChI=1S/C17H18FN2O8P/c1-17(18)13(8-20-7-6-14(22)19-16(20)24)27-12(15(17)23)9-26-29(25)28-11-5-3-2-4-10(11)21/h2-7,12-13,15,23H,8-9H2,1H3,(H-,19,21,22,24)/p+1. The number of aromatic amines is 1. The highest BCUT2D eigenvalue weighted by Gasteiger charge is 2.54. The predicted molar refractivity (Wildman–Crippen MR) is 97.8 cm³/mol. The minimum atomic E-state index is -2.73. The summed E-state index contributed by atoms with van der Waals surface area (Å²) in [4.78, 5) is 25.0. The number of nitrogens with zero attached hydrogens (tertiary/aromatic N) is 1. The van der Waals surface area contributed by atoms with Crippen molar-refractivity contribution in [2.45, 2.75) is 37.4 Å². The third-order valence-electron chi connectivity index (χ3n) is 4.54. The molecule has 2 heterocycles. The van der Waals surface area contributed by atoms with Crippen molar-refractivity contribution in [1.82, 2.24) is 9.55 Å². The van der Waals surface area contributed by atoms with E-state index in [2.05, 4.69) is 0 Å². The molecule has 5 atom stereocenters. The number of aromatic nitrogens is 2. The second-order valence-corrected chi connectivity index (χ2v) is 7.49. The minimum Gasteiger partial charge on any atom is -0.504 e. The van der Waals surface area contributed by atoms with E-state index in [0.29, 0.717) is 0 Å². The second kappa shape index (κ2) is 8.42. The number of nitrogens with one attached hydrogen (secondary N) is 1. The molecule has 1 aliphatic rings. The molecular formula is C17H19FN2O8P+. The Kier molecular flexibility index (Phi) is 6.13. The SMILES string of the molecule is CC1(F)C(Cn2ccc(=O)[nH]c2=O)OC(CO[P+](=O)Oc2ccccc2O)C1O. The van der Waals surface area contributed by atoms with Crippen molar-refractivity contribution < 1.29 is 33.0 Å². The lowest BCUT2D eigenvalue weighted by molar-refractivity contribution is -0.0230. The van der Waals surface area contributed by atoms with Gasteiger partial charge in [-0.05, 0) is 19.1 Å². The molecular weight excluding hydrogens is 410 g/mol. The summed E-state index contributed by atoms with van der Waals surface area (Å²) < 4.78 is 43.4. The molecule has 0 bridgehead atoms. The number of aliphatic hydroxyl groups excluding tert-OH is 1. The molecule has 1 fully saturated rings. The number of aliphatic hydroxyl groups is 1. The summed E-state index contributed by atoms with van der Waals surface area (Å²) in [6, 6.07) is 6.92. The molecule has 1 aromatic carbocycles. The fraction of sp³-hybridized carbons (Fsp3) is 0.412. The summed E-state index contributed by atoms with van der Waals surface area (Å²) in [5.41, 5.74) is -3.58. The van der Waals surface area contributed by atoms with Gasteiger partial charge in [0.2, 0.25) is 5.75 Å². The molecule has 0 amide bonds. The maximum absolute atomic E-state index is 15.0. The van der Waals surface area contributed by atoms with Crippen molar-refractivity contribution in [3.05, 3.63) is 57.4 Å². The molecule has 1 saturated heterocycles.